The first-order chi connectivity index (χ1) is 6.70. The zero-order valence-electron chi connectivity index (χ0n) is 8.76. The second kappa shape index (κ2) is 2.96. The molecule has 2 heteroatoms. The molecule has 0 heterocycles. The average molecular weight is 196 g/mol. The van der Waals surface area contributed by atoms with E-state index >= 15 is 0 Å². The van der Waals surface area contributed by atoms with E-state index in [9.17, 15) is 10.2 Å². The highest BCUT2D eigenvalue weighted by atomic mass is 16.3. The van der Waals surface area contributed by atoms with Crippen molar-refractivity contribution in [2.75, 3.05) is 0 Å². The smallest absolute Gasteiger partial charge is 0.0602 e. The third kappa shape index (κ3) is 0.989. The standard InChI is InChI=1S/C12H20O2/c1-6-9-5-10(11(6)13)8-4-2-3-7(9)12(8)14/h6-14H,2-5H2,1H3. The Kier molecular flexibility index (Phi) is 1.94. The number of aliphatic hydroxyl groups excluding tert-OH is 2. The van der Waals surface area contributed by atoms with Crippen molar-refractivity contribution in [2.45, 2.75) is 44.8 Å². The van der Waals surface area contributed by atoms with Crippen molar-refractivity contribution in [3.8, 4) is 0 Å². The Morgan fingerprint density at radius 1 is 0.857 bits per heavy atom. The number of rotatable bonds is 0. The lowest BCUT2D eigenvalue weighted by molar-refractivity contribution is -0.0624. The van der Waals surface area contributed by atoms with Crippen molar-refractivity contribution in [3.63, 3.8) is 0 Å². The van der Waals surface area contributed by atoms with E-state index in [0.29, 0.717) is 29.6 Å². The SMILES string of the molecule is CC1C(O)C2CC1C1CCCC2C1O. The maximum absolute atomic E-state index is 10.2. The zero-order valence-corrected chi connectivity index (χ0v) is 8.76. The van der Waals surface area contributed by atoms with Gasteiger partial charge < -0.3 is 10.2 Å². The fourth-order valence-corrected chi connectivity index (χ4v) is 4.49. The van der Waals surface area contributed by atoms with Crippen LogP contribution in [0.25, 0.3) is 0 Å². The summed E-state index contributed by atoms with van der Waals surface area (Å²) in [6, 6.07) is 0. The second-order valence-corrected chi connectivity index (χ2v) is 5.66. The van der Waals surface area contributed by atoms with Gasteiger partial charge in [0, 0.05) is 0 Å². The number of aliphatic hydroxyl groups is 2. The lowest BCUT2D eigenvalue weighted by Gasteiger charge is -2.44. The first-order valence-electron chi connectivity index (χ1n) is 6.06. The van der Waals surface area contributed by atoms with Crippen molar-refractivity contribution < 1.29 is 10.2 Å². The predicted octanol–water partition coefficient (Wildman–Crippen LogP) is 1.41. The maximum atomic E-state index is 10.2. The Morgan fingerprint density at radius 2 is 1.50 bits per heavy atom. The third-order valence-corrected chi connectivity index (χ3v) is 5.25. The molecule has 0 aromatic heterocycles. The molecule has 0 spiro atoms. The first-order valence-corrected chi connectivity index (χ1v) is 6.06. The summed E-state index contributed by atoms with van der Waals surface area (Å²) < 4.78 is 0. The highest BCUT2D eigenvalue weighted by Gasteiger charge is 2.55. The molecule has 3 aliphatic rings. The van der Waals surface area contributed by atoms with Crippen LogP contribution in [-0.2, 0) is 0 Å². The maximum Gasteiger partial charge on any atom is 0.0602 e. The summed E-state index contributed by atoms with van der Waals surface area (Å²) in [5.74, 6) is 2.33. The van der Waals surface area contributed by atoms with Crippen LogP contribution in [0.15, 0.2) is 0 Å². The van der Waals surface area contributed by atoms with Crippen LogP contribution in [0.5, 0.6) is 0 Å². The van der Waals surface area contributed by atoms with E-state index in [1.54, 1.807) is 0 Å². The number of hydrogen-bond acceptors (Lipinski definition) is 2. The van der Waals surface area contributed by atoms with Gasteiger partial charge in [-0.3, -0.25) is 0 Å². The lowest BCUT2D eigenvalue weighted by atomic mass is 9.63. The molecule has 3 fully saturated rings. The topological polar surface area (TPSA) is 40.5 Å². The Hall–Kier alpha value is -0.0800. The Bertz CT molecular complexity index is 218. The molecule has 2 N–H and O–H groups in total. The lowest BCUT2D eigenvalue weighted by Crippen LogP contribution is -2.44. The van der Waals surface area contributed by atoms with E-state index in [-0.39, 0.29) is 12.2 Å². The molecule has 80 valence electrons. The summed E-state index contributed by atoms with van der Waals surface area (Å²) in [5.41, 5.74) is 0. The van der Waals surface area contributed by atoms with Crippen molar-refractivity contribution in [1.82, 2.24) is 0 Å². The van der Waals surface area contributed by atoms with Crippen LogP contribution >= 0.6 is 0 Å². The van der Waals surface area contributed by atoms with Gasteiger partial charge in [0.15, 0.2) is 0 Å². The summed E-state index contributed by atoms with van der Waals surface area (Å²) in [4.78, 5) is 0. The molecule has 4 bridgehead atoms. The molecule has 14 heavy (non-hydrogen) atoms. The van der Waals surface area contributed by atoms with Gasteiger partial charge in [0.05, 0.1) is 12.2 Å². The van der Waals surface area contributed by atoms with E-state index in [1.165, 1.54) is 19.3 Å². The molecule has 0 aliphatic heterocycles. The summed E-state index contributed by atoms with van der Waals surface area (Å²) in [5, 5.41) is 20.3. The van der Waals surface area contributed by atoms with E-state index in [2.05, 4.69) is 6.92 Å². The first kappa shape index (κ1) is 9.17. The van der Waals surface area contributed by atoms with Crippen LogP contribution in [0.3, 0.4) is 0 Å². The highest BCUT2D eigenvalue weighted by molar-refractivity contribution is 5.05. The van der Waals surface area contributed by atoms with Crippen molar-refractivity contribution in [1.29, 1.82) is 0 Å². The average Bonchev–Trinajstić information content (AvgIpc) is 2.41. The van der Waals surface area contributed by atoms with Crippen molar-refractivity contribution in [3.05, 3.63) is 0 Å². The Balaban J connectivity index is 1.96. The molecule has 3 aliphatic carbocycles. The Labute approximate surface area is 85.3 Å². The molecular formula is C12H20O2. The molecule has 0 aromatic carbocycles. The van der Waals surface area contributed by atoms with Gasteiger partial charge in [-0.15, -0.1) is 0 Å². The van der Waals surface area contributed by atoms with E-state index in [0.717, 1.165) is 6.42 Å². The highest BCUT2D eigenvalue weighted by Crippen LogP contribution is 2.56. The van der Waals surface area contributed by atoms with Crippen LogP contribution in [-0.4, -0.2) is 22.4 Å². The van der Waals surface area contributed by atoms with Gasteiger partial charge in [-0.2, -0.15) is 0 Å². The van der Waals surface area contributed by atoms with Crippen LogP contribution in [0, 0.1) is 29.6 Å². The minimum Gasteiger partial charge on any atom is -0.393 e. The minimum atomic E-state index is -0.136. The van der Waals surface area contributed by atoms with Gasteiger partial charge in [-0.1, -0.05) is 13.3 Å². The summed E-state index contributed by atoms with van der Waals surface area (Å²) >= 11 is 0. The van der Waals surface area contributed by atoms with Crippen LogP contribution in [0.1, 0.15) is 32.6 Å². The molecule has 0 radical (unpaired) electrons. The normalized spacial score (nSPS) is 61.5. The number of hydrogen-bond donors (Lipinski definition) is 2. The molecule has 0 saturated heterocycles. The molecule has 0 amide bonds. The van der Waals surface area contributed by atoms with Gasteiger partial charge in [0.1, 0.15) is 0 Å². The fourth-order valence-electron chi connectivity index (χ4n) is 4.49. The summed E-state index contributed by atoms with van der Waals surface area (Å²) in [6.07, 6.45) is 4.52. The van der Waals surface area contributed by atoms with Crippen molar-refractivity contribution >= 4 is 0 Å². The van der Waals surface area contributed by atoms with Crippen LogP contribution in [0.4, 0.5) is 0 Å². The number of fused-ring (bicyclic) bond motifs is 6. The van der Waals surface area contributed by atoms with Crippen molar-refractivity contribution in [2.24, 2.45) is 29.6 Å². The molecule has 0 aromatic rings. The van der Waals surface area contributed by atoms with Gasteiger partial charge in [0.25, 0.3) is 0 Å². The van der Waals surface area contributed by atoms with E-state index < -0.39 is 0 Å². The second-order valence-electron chi connectivity index (χ2n) is 5.66. The third-order valence-electron chi connectivity index (χ3n) is 5.25. The van der Waals surface area contributed by atoms with Gasteiger partial charge in [0.2, 0.25) is 0 Å². The fraction of sp³-hybridized carbons (Fsp3) is 1.00. The molecule has 3 rings (SSSR count). The van der Waals surface area contributed by atoms with E-state index in [1.807, 2.05) is 0 Å². The molecule has 7 unspecified atom stereocenters. The van der Waals surface area contributed by atoms with Crippen LogP contribution in [0.2, 0.25) is 0 Å². The minimum absolute atomic E-state index is 0.105. The predicted molar refractivity (Wildman–Crippen MR) is 53.6 cm³/mol. The quantitative estimate of drug-likeness (QED) is 0.615. The molecule has 2 nitrogen and oxygen atoms in total. The van der Waals surface area contributed by atoms with Gasteiger partial charge >= 0.3 is 0 Å². The Morgan fingerprint density at radius 3 is 2.21 bits per heavy atom. The molecule has 3 saturated carbocycles. The van der Waals surface area contributed by atoms with Crippen LogP contribution < -0.4 is 0 Å². The summed E-state index contributed by atoms with van der Waals surface area (Å²) in [7, 11) is 0. The summed E-state index contributed by atoms with van der Waals surface area (Å²) in [6.45, 7) is 2.17. The molecule has 7 atom stereocenters. The monoisotopic (exact) mass is 196 g/mol. The zero-order chi connectivity index (χ0) is 9.87. The molecular weight excluding hydrogens is 176 g/mol. The largest absolute Gasteiger partial charge is 0.393 e. The van der Waals surface area contributed by atoms with E-state index in [4.69, 9.17) is 0 Å². The van der Waals surface area contributed by atoms with Gasteiger partial charge in [-0.25, -0.2) is 0 Å². The van der Waals surface area contributed by atoms with Gasteiger partial charge in [-0.05, 0) is 48.9 Å².